The fourth-order valence-electron chi connectivity index (χ4n) is 2.11. The maximum absolute atomic E-state index is 12.2. The highest BCUT2D eigenvalue weighted by Gasteiger charge is 2.10. The molecule has 0 aliphatic heterocycles. The second-order valence-corrected chi connectivity index (χ2v) is 6.77. The quantitative estimate of drug-likeness (QED) is 0.410. The van der Waals surface area contributed by atoms with Crippen LogP contribution in [-0.4, -0.2) is 12.5 Å². The van der Waals surface area contributed by atoms with Crippen molar-refractivity contribution < 1.29 is 4.79 Å². The van der Waals surface area contributed by atoms with Gasteiger partial charge in [0.1, 0.15) is 11.6 Å². The summed E-state index contributed by atoms with van der Waals surface area (Å²) < 4.78 is 1.03. The van der Waals surface area contributed by atoms with Gasteiger partial charge in [-0.25, -0.2) is 0 Å². The molecule has 2 rings (SSSR count). The third-order valence-corrected chi connectivity index (χ3v) is 4.29. The molecule has 0 heterocycles. The van der Waals surface area contributed by atoms with E-state index in [2.05, 4.69) is 26.6 Å². The molecule has 0 bridgehead atoms. The molecule has 0 aliphatic carbocycles. The number of rotatable bonds is 6. The highest BCUT2D eigenvalue weighted by Crippen LogP contribution is 2.20. The number of hydrogen-bond acceptors (Lipinski definition) is 3. The summed E-state index contributed by atoms with van der Waals surface area (Å²) in [6.07, 6.45) is 2.23. The van der Waals surface area contributed by atoms with E-state index in [0.29, 0.717) is 17.3 Å². The predicted octanol–water partition coefficient (Wildman–Crippen LogP) is 4.59. The minimum atomic E-state index is -0.469. The second-order valence-electron chi connectivity index (χ2n) is 5.41. The van der Waals surface area contributed by atoms with Gasteiger partial charge in [0.2, 0.25) is 0 Å². The number of anilines is 1. The zero-order chi connectivity index (χ0) is 18.2. The summed E-state index contributed by atoms with van der Waals surface area (Å²) >= 11 is 9.33. The lowest BCUT2D eigenvalue weighted by Gasteiger charge is -2.08. The lowest BCUT2D eigenvalue weighted by atomic mass is 10.1. The SMILES string of the molecule is Cc1ccc(Cl)cc1NC(=O)/C(C#N)=C\NCCc1ccc(Br)cc1. The van der Waals surface area contributed by atoms with Crippen molar-refractivity contribution in [1.29, 1.82) is 5.26 Å². The van der Waals surface area contributed by atoms with Crippen LogP contribution in [0.1, 0.15) is 11.1 Å². The van der Waals surface area contributed by atoms with Gasteiger partial charge in [0, 0.05) is 27.9 Å². The topological polar surface area (TPSA) is 64.9 Å². The largest absolute Gasteiger partial charge is 0.389 e. The van der Waals surface area contributed by atoms with E-state index >= 15 is 0 Å². The number of carbonyl (C=O) groups is 1. The van der Waals surface area contributed by atoms with Gasteiger partial charge in [-0.1, -0.05) is 45.7 Å². The van der Waals surface area contributed by atoms with E-state index in [-0.39, 0.29) is 5.57 Å². The standard InChI is InChI=1S/C19H17BrClN3O/c1-13-2-7-17(21)10-18(13)24-19(25)15(11-22)12-23-9-8-14-3-5-16(20)6-4-14/h2-7,10,12,23H,8-9H2,1H3,(H,24,25)/b15-12-. The number of benzene rings is 2. The van der Waals surface area contributed by atoms with E-state index in [4.69, 9.17) is 11.6 Å². The van der Waals surface area contributed by atoms with Crippen LogP contribution in [0.4, 0.5) is 5.69 Å². The minimum absolute atomic E-state index is 0.00943. The van der Waals surface area contributed by atoms with Crippen molar-refractivity contribution in [3.05, 3.63) is 74.9 Å². The smallest absolute Gasteiger partial charge is 0.267 e. The molecule has 0 spiro atoms. The fraction of sp³-hybridized carbons (Fsp3) is 0.158. The van der Waals surface area contributed by atoms with Gasteiger partial charge in [-0.2, -0.15) is 5.26 Å². The van der Waals surface area contributed by atoms with E-state index in [1.807, 2.05) is 43.3 Å². The molecule has 2 aromatic rings. The summed E-state index contributed by atoms with van der Waals surface area (Å²) in [5.41, 5.74) is 2.64. The Morgan fingerprint density at radius 2 is 2.00 bits per heavy atom. The Morgan fingerprint density at radius 1 is 1.28 bits per heavy atom. The number of halogens is 2. The molecule has 128 valence electrons. The number of aryl methyl sites for hydroxylation is 1. The summed E-state index contributed by atoms with van der Waals surface area (Å²) in [6.45, 7) is 2.48. The number of nitrogens with zero attached hydrogens (tertiary/aromatic N) is 1. The molecule has 1 amide bonds. The molecule has 0 fully saturated rings. The van der Waals surface area contributed by atoms with E-state index in [9.17, 15) is 10.1 Å². The third kappa shape index (κ3) is 5.93. The van der Waals surface area contributed by atoms with Crippen molar-refractivity contribution in [2.75, 3.05) is 11.9 Å². The van der Waals surface area contributed by atoms with Gasteiger partial charge in [0.05, 0.1) is 0 Å². The van der Waals surface area contributed by atoms with Crippen LogP contribution in [-0.2, 0) is 11.2 Å². The van der Waals surface area contributed by atoms with Crippen LogP contribution in [0.25, 0.3) is 0 Å². The first kappa shape index (κ1) is 19.0. The molecule has 0 aliphatic rings. The normalized spacial score (nSPS) is 10.9. The van der Waals surface area contributed by atoms with Crippen molar-refractivity contribution in [2.24, 2.45) is 0 Å². The van der Waals surface area contributed by atoms with Crippen molar-refractivity contribution in [2.45, 2.75) is 13.3 Å². The lowest BCUT2D eigenvalue weighted by Crippen LogP contribution is -2.18. The van der Waals surface area contributed by atoms with Crippen molar-refractivity contribution in [1.82, 2.24) is 5.32 Å². The molecule has 25 heavy (non-hydrogen) atoms. The van der Waals surface area contributed by atoms with E-state index in [1.165, 1.54) is 11.8 Å². The maximum Gasteiger partial charge on any atom is 0.267 e. The van der Waals surface area contributed by atoms with Gasteiger partial charge in [-0.05, 0) is 48.7 Å². The van der Waals surface area contributed by atoms with Crippen LogP contribution in [0.15, 0.2) is 58.7 Å². The van der Waals surface area contributed by atoms with Crippen LogP contribution in [0.3, 0.4) is 0 Å². The molecule has 0 radical (unpaired) electrons. The Hall–Kier alpha value is -2.29. The van der Waals surface area contributed by atoms with Crippen LogP contribution in [0.2, 0.25) is 5.02 Å². The van der Waals surface area contributed by atoms with Gasteiger partial charge < -0.3 is 10.6 Å². The maximum atomic E-state index is 12.2. The number of amides is 1. The number of hydrogen-bond donors (Lipinski definition) is 2. The molecule has 2 N–H and O–H groups in total. The summed E-state index contributed by atoms with van der Waals surface area (Å²) in [5.74, 6) is -0.469. The summed E-state index contributed by atoms with van der Waals surface area (Å²) in [7, 11) is 0. The Balaban J connectivity index is 1.92. The van der Waals surface area contributed by atoms with Gasteiger partial charge in [0.15, 0.2) is 0 Å². The first-order valence-electron chi connectivity index (χ1n) is 7.65. The highest BCUT2D eigenvalue weighted by atomic mass is 79.9. The third-order valence-electron chi connectivity index (χ3n) is 3.53. The molecular formula is C19H17BrClN3O. The summed E-state index contributed by atoms with van der Waals surface area (Å²) in [5, 5.41) is 15.4. The number of carbonyl (C=O) groups excluding carboxylic acids is 1. The second kappa shape index (κ2) is 9.26. The highest BCUT2D eigenvalue weighted by molar-refractivity contribution is 9.10. The van der Waals surface area contributed by atoms with E-state index in [0.717, 1.165) is 16.5 Å². The van der Waals surface area contributed by atoms with Crippen LogP contribution >= 0.6 is 27.5 Å². The minimum Gasteiger partial charge on any atom is -0.389 e. The Labute approximate surface area is 160 Å². The fourth-order valence-corrected chi connectivity index (χ4v) is 2.55. The van der Waals surface area contributed by atoms with E-state index in [1.54, 1.807) is 12.1 Å². The monoisotopic (exact) mass is 417 g/mol. The molecule has 0 saturated heterocycles. The van der Waals surface area contributed by atoms with Crippen molar-refractivity contribution >= 4 is 39.1 Å². The molecule has 4 nitrogen and oxygen atoms in total. The first-order chi connectivity index (χ1) is 12.0. The van der Waals surface area contributed by atoms with Crippen LogP contribution in [0.5, 0.6) is 0 Å². The lowest BCUT2D eigenvalue weighted by molar-refractivity contribution is -0.112. The van der Waals surface area contributed by atoms with Gasteiger partial charge in [-0.3, -0.25) is 4.79 Å². The average Bonchev–Trinajstić information content (AvgIpc) is 2.59. The molecule has 6 heteroatoms. The van der Waals surface area contributed by atoms with Crippen LogP contribution < -0.4 is 10.6 Å². The van der Waals surface area contributed by atoms with Crippen LogP contribution in [0, 0.1) is 18.3 Å². The molecule has 0 unspecified atom stereocenters. The predicted molar refractivity (Wildman–Crippen MR) is 104 cm³/mol. The Bertz CT molecular complexity index is 826. The molecule has 0 atom stereocenters. The summed E-state index contributed by atoms with van der Waals surface area (Å²) in [4.78, 5) is 12.2. The Morgan fingerprint density at radius 3 is 2.68 bits per heavy atom. The molecular weight excluding hydrogens is 402 g/mol. The van der Waals surface area contributed by atoms with Gasteiger partial charge >= 0.3 is 0 Å². The van der Waals surface area contributed by atoms with Crippen molar-refractivity contribution in [3.63, 3.8) is 0 Å². The Kier molecular flexibility index (Phi) is 7.05. The number of nitriles is 1. The number of nitrogens with one attached hydrogen (secondary N) is 2. The van der Waals surface area contributed by atoms with Gasteiger partial charge in [-0.15, -0.1) is 0 Å². The molecule has 0 aromatic heterocycles. The molecule has 0 saturated carbocycles. The van der Waals surface area contributed by atoms with Crippen molar-refractivity contribution in [3.8, 4) is 6.07 Å². The first-order valence-corrected chi connectivity index (χ1v) is 8.82. The molecule has 2 aromatic carbocycles. The van der Waals surface area contributed by atoms with Gasteiger partial charge in [0.25, 0.3) is 5.91 Å². The summed E-state index contributed by atoms with van der Waals surface area (Å²) in [6, 6.07) is 15.1. The van der Waals surface area contributed by atoms with E-state index < -0.39 is 5.91 Å². The zero-order valence-electron chi connectivity index (χ0n) is 13.6. The average molecular weight is 419 g/mol. The zero-order valence-corrected chi connectivity index (χ0v) is 16.0.